The van der Waals surface area contributed by atoms with E-state index >= 15 is 0 Å². The van der Waals surface area contributed by atoms with Crippen LogP contribution in [0.3, 0.4) is 0 Å². The van der Waals surface area contributed by atoms with Crippen molar-refractivity contribution in [1.29, 1.82) is 0 Å². The molecule has 6 heteroatoms. The number of benzene rings is 1. The molecule has 0 aliphatic carbocycles. The molecule has 2 aromatic heterocycles. The zero-order valence-electron chi connectivity index (χ0n) is 9.97. The van der Waals surface area contributed by atoms with Gasteiger partial charge in [0, 0.05) is 10.5 Å². The predicted octanol–water partition coefficient (Wildman–Crippen LogP) is 4.53. The fraction of sp³-hybridized carbons (Fsp3) is 0.0769. The number of hydrogen-bond acceptors (Lipinski definition) is 3. The first-order valence-corrected chi connectivity index (χ1v) is 7.93. The highest BCUT2D eigenvalue weighted by atomic mass is 79.9. The summed E-state index contributed by atoms with van der Waals surface area (Å²) in [7, 11) is 0. The van der Waals surface area contributed by atoms with Crippen molar-refractivity contribution in [2.24, 2.45) is 0 Å². The van der Waals surface area contributed by atoms with E-state index in [0.29, 0.717) is 5.15 Å². The zero-order valence-corrected chi connectivity index (χ0v) is 13.1. The molecule has 1 aromatic carbocycles. The highest BCUT2D eigenvalue weighted by molar-refractivity contribution is 9.10. The van der Waals surface area contributed by atoms with Gasteiger partial charge in [-0.2, -0.15) is 5.10 Å². The second-order valence-corrected chi connectivity index (χ2v) is 6.00. The molecule has 3 nitrogen and oxygen atoms in total. The standard InChI is InChI=1S/C13H9BrClN3S/c1-19-11-5-3-2-4-8(11)10-7-18-13(16-10)9(14)6-12(15)17-18/h2-7H,1H3. The minimum absolute atomic E-state index is 0.432. The Morgan fingerprint density at radius 1 is 1.32 bits per heavy atom. The Morgan fingerprint density at radius 3 is 2.89 bits per heavy atom. The summed E-state index contributed by atoms with van der Waals surface area (Å²) >= 11 is 11.1. The zero-order chi connectivity index (χ0) is 13.4. The van der Waals surface area contributed by atoms with Crippen LogP contribution in [0.1, 0.15) is 0 Å². The summed E-state index contributed by atoms with van der Waals surface area (Å²) in [5.41, 5.74) is 2.75. The molecule has 0 aliphatic rings. The second-order valence-electron chi connectivity index (χ2n) is 3.91. The normalized spacial score (nSPS) is 11.1. The highest BCUT2D eigenvalue weighted by Crippen LogP contribution is 2.30. The molecule has 0 amide bonds. The van der Waals surface area contributed by atoms with Crippen molar-refractivity contribution in [3.8, 4) is 11.3 Å². The molecule has 0 unspecified atom stereocenters. The molecular formula is C13H9BrClN3S. The summed E-state index contributed by atoms with van der Waals surface area (Å²) in [6, 6.07) is 9.92. The Hall–Kier alpha value is -1.04. The summed E-state index contributed by atoms with van der Waals surface area (Å²) in [6.45, 7) is 0. The van der Waals surface area contributed by atoms with Crippen molar-refractivity contribution in [1.82, 2.24) is 14.6 Å². The molecule has 0 N–H and O–H groups in total. The fourth-order valence-corrected chi connectivity index (χ4v) is 3.31. The van der Waals surface area contributed by atoms with Crippen molar-refractivity contribution < 1.29 is 0 Å². The van der Waals surface area contributed by atoms with Crippen LogP contribution in [0.25, 0.3) is 16.9 Å². The quantitative estimate of drug-likeness (QED) is 0.633. The van der Waals surface area contributed by atoms with Crippen LogP contribution in [0.15, 0.2) is 45.9 Å². The number of halogens is 2. The maximum atomic E-state index is 5.94. The third kappa shape index (κ3) is 2.38. The van der Waals surface area contributed by atoms with E-state index in [-0.39, 0.29) is 0 Å². The number of fused-ring (bicyclic) bond motifs is 1. The van der Waals surface area contributed by atoms with Crippen LogP contribution in [0.5, 0.6) is 0 Å². The third-order valence-corrected chi connectivity index (χ3v) is 4.30. The molecule has 2 heterocycles. The molecule has 0 aliphatic heterocycles. The first-order valence-electron chi connectivity index (χ1n) is 5.54. The Kier molecular flexibility index (Phi) is 3.52. The molecule has 96 valence electrons. The minimum atomic E-state index is 0.432. The molecule has 0 saturated carbocycles. The van der Waals surface area contributed by atoms with E-state index in [4.69, 9.17) is 11.6 Å². The lowest BCUT2D eigenvalue weighted by Gasteiger charge is -2.02. The first-order chi connectivity index (χ1) is 9.19. The number of hydrogen-bond donors (Lipinski definition) is 0. The topological polar surface area (TPSA) is 30.2 Å². The van der Waals surface area contributed by atoms with E-state index in [1.807, 2.05) is 18.3 Å². The van der Waals surface area contributed by atoms with Crippen LogP contribution in [-0.4, -0.2) is 20.9 Å². The van der Waals surface area contributed by atoms with Crippen LogP contribution < -0.4 is 0 Å². The molecular weight excluding hydrogens is 346 g/mol. The largest absolute Gasteiger partial charge is 0.226 e. The van der Waals surface area contributed by atoms with Gasteiger partial charge in [0.05, 0.1) is 16.4 Å². The molecule has 0 bridgehead atoms. The van der Waals surface area contributed by atoms with Gasteiger partial charge in [-0.15, -0.1) is 11.8 Å². The van der Waals surface area contributed by atoms with Gasteiger partial charge in [-0.3, -0.25) is 0 Å². The third-order valence-electron chi connectivity index (χ3n) is 2.73. The predicted molar refractivity (Wildman–Crippen MR) is 82.9 cm³/mol. The van der Waals surface area contributed by atoms with Crippen LogP contribution in [0.2, 0.25) is 5.15 Å². The first kappa shape index (κ1) is 13.0. The lowest BCUT2D eigenvalue weighted by molar-refractivity contribution is 0.932. The average Bonchev–Trinajstić information content (AvgIpc) is 2.82. The van der Waals surface area contributed by atoms with Gasteiger partial charge in [0.15, 0.2) is 10.8 Å². The number of aromatic nitrogens is 3. The van der Waals surface area contributed by atoms with Crippen LogP contribution in [-0.2, 0) is 0 Å². The van der Waals surface area contributed by atoms with Crippen molar-refractivity contribution in [3.63, 3.8) is 0 Å². The molecule has 0 saturated heterocycles. The Bertz CT molecular complexity index is 757. The van der Waals surface area contributed by atoms with E-state index in [9.17, 15) is 0 Å². The summed E-state index contributed by atoms with van der Waals surface area (Å²) in [6.07, 6.45) is 3.95. The van der Waals surface area contributed by atoms with Gasteiger partial charge < -0.3 is 0 Å². The monoisotopic (exact) mass is 353 g/mol. The van der Waals surface area contributed by atoms with E-state index < -0.39 is 0 Å². The maximum absolute atomic E-state index is 5.94. The van der Waals surface area contributed by atoms with Gasteiger partial charge in [-0.1, -0.05) is 29.8 Å². The average molecular weight is 355 g/mol. The van der Waals surface area contributed by atoms with Gasteiger partial charge in [-0.05, 0) is 34.3 Å². The van der Waals surface area contributed by atoms with E-state index in [2.05, 4.69) is 44.4 Å². The number of thioether (sulfide) groups is 1. The van der Waals surface area contributed by atoms with Gasteiger partial charge >= 0.3 is 0 Å². The lowest BCUT2D eigenvalue weighted by atomic mass is 10.2. The van der Waals surface area contributed by atoms with Gasteiger partial charge in [0.2, 0.25) is 0 Å². The van der Waals surface area contributed by atoms with Crippen LogP contribution in [0.4, 0.5) is 0 Å². The number of nitrogens with zero attached hydrogens (tertiary/aromatic N) is 3. The smallest absolute Gasteiger partial charge is 0.168 e. The summed E-state index contributed by atoms with van der Waals surface area (Å²) in [4.78, 5) is 5.80. The number of imidazole rings is 1. The van der Waals surface area contributed by atoms with Gasteiger partial charge in [0.25, 0.3) is 0 Å². The summed E-state index contributed by atoms with van der Waals surface area (Å²) in [5, 5.41) is 4.65. The Balaban J connectivity index is 2.23. The van der Waals surface area contributed by atoms with Crippen molar-refractivity contribution in [2.75, 3.05) is 6.26 Å². The van der Waals surface area contributed by atoms with Crippen molar-refractivity contribution >= 4 is 44.9 Å². The summed E-state index contributed by atoms with van der Waals surface area (Å²) < 4.78 is 2.53. The van der Waals surface area contributed by atoms with Gasteiger partial charge in [0.1, 0.15) is 0 Å². The van der Waals surface area contributed by atoms with E-state index in [1.54, 1.807) is 22.3 Å². The van der Waals surface area contributed by atoms with Crippen molar-refractivity contribution in [3.05, 3.63) is 46.2 Å². The molecule has 0 radical (unpaired) electrons. The molecule has 3 rings (SSSR count). The highest BCUT2D eigenvalue weighted by Gasteiger charge is 2.11. The number of rotatable bonds is 2. The van der Waals surface area contributed by atoms with Crippen LogP contribution >= 0.6 is 39.3 Å². The van der Waals surface area contributed by atoms with Crippen molar-refractivity contribution in [2.45, 2.75) is 4.90 Å². The lowest BCUT2D eigenvalue weighted by Crippen LogP contribution is -1.90. The van der Waals surface area contributed by atoms with Crippen LogP contribution in [0, 0.1) is 0 Å². The molecule has 19 heavy (non-hydrogen) atoms. The molecule has 0 spiro atoms. The Morgan fingerprint density at radius 2 is 2.11 bits per heavy atom. The molecule has 0 fully saturated rings. The maximum Gasteiger partial charge on any atom is 0.168 e. The van der Waals surface area contributed by atoms with E-state index in [0.717, 1.165) is 21.4 Å². The summed E-state index contributed by atoms with van der Waals surface area (Å²) in [5.74, 6) is 0. The second kappa shape index (κ2) is 5.15. The molecule has 0 atom stereocenters. The minimum Gasteiger partial charge on any atom is -0.226 e. The van der Waals surface area contributed by atoms with E-state index in [1.165, 1.54) is 4.90 Å². The SMILES string of the molecule is CSc1ccccc1-c1cn2nc(Cl)cc(Br)c2n1. The fourth-order valence-electron chi connectivity index (χ4n) is 1.90. The van der Waals surface area contributed by atoms with Gasteiger partial charge in [-0.25, -0.2) is 9.50 Å². The Labute approximate surface area is 128 Å². The molecule has 3 aromatic rings.